The van der Waals surface area contributed by atoms with Crippen LogP contribution in [-0.4, -0.2) is 14.4 Å². The molecule has 0 atom stereocenters. The van der Waals surface area contributed by atoms with E-state index >= 15 is 0 Å². The standard InChI is InChI=1S/C20H13N3OS/c1-12-7-8-16-14(9-12)18-15(10-21-16)19(24)23-17(11-25-20(23)22-18)13-5-3-2-4-6-13/h2-11H,1H3. The molecule has 0 bridgehead atoms. The molecule has 0 unspecified atom stereocenters. The van der Waals surface area contributed by atoms with Crippen LogP contribution >= 0.6 is 11.3 Å². The molecular formula is C20H13N3OS. The third-order valence-electron chi connectivity index (χ3n) is 4.41. The first-order valence-corrected chi connectivity index (χ1v) is 8.85. The second-order valence-electron chi connectivity index (χ2n) is 6.06. The van der Waals surface area contributed by atoms with Gasteiger partial charge in [-0.2, -0.15) is 0 Å². The predicted octanol–water partition coefficient (Wildman–Crippen LogP) is 4.43. The molecule has 0 saturated heterocycles. The molecule has 0 aliphatic heterocycles. The normalized spacial score (nSPS) is 11.6. The van der Waals surface area contributed by atoms with Crippen LogP contribution in [0.4, 0.5) is 0 Å². The Morgan fingerprint density at radius 1 is 1.04 bits per heavy atom. The number of aryl methyl sites for hydroxylation is 1. The highest BCUT2D eigenvalue weighted by atomic mass is 32.1. The van der Waals surface area contributed by atoms with Crippen LogP contribution in [0.15, 0.2) is 64.9 Å². The quantitative estimate of drug-likeness (QED) is 0.423. The average Bonchev–Trinajstić information content (AvgIpc) is 3.07. The van der Waals surface area contributed by atoms with Gasteiger partial charge in [0.25, 0.3) is 5.56 Å². The molecule has 0 saturated carbocycles. The fourth-order valence-electron chi connectivity index (χ4n) is 3.18. The molecule has 5 heteroatoms. The maximum atomic E-state index is 13.2. The first-order chi connectivity index (χ1) is 12.2. The van der Waals surface area contributed by atoms with Crippen molar-refractivity contribution in [3.05, 3.63) is 76.0 Å². The van der Waals surface area contributed by atoms with Gasteiger partial charge < -0.3 is 0 Å². The van der Waals surface area contributed by atoms with Gasteiger partial charge in [0, 0.05) is 17.0 Å². The van der Waals surface area contributed by atoms with Gasteiger partial charge in [-0.3, -0.25) is 14.2 Å². The Morgan fingerprint density at radius 2 is 1.88 bits per heavy atom. The summed E-state index contributed by atoms with van der Waals surface area (Å²) in [6.07, 6.45) is 1.64. The summed E-state index contributed by atoms with van der Waals surface area (Å²) in [6.45, 7) is 2.03. The van der Waals surface area contributed by atoms with Gasteiger partial charge in [0.15, 0.2) is 4.96 Å². The summed E-state index contributed by atoms with van der Waals surface area (Å²) >= 11 is 1.48. The lowest BCUT2D eigenvalue weighted by molar-refractivity contribution is 1.12. The van der Waals surface area contributed by atoms with E-state index in [4.69, 9.17) is 4.98 Å². The van der Waals surface area contributed by atoms with Crippen LogP contribution in [-0.2, 0) is 0 Å². The highest BCUT2D eigenvalue weighted by Gasteiger charge is 2.14. The molecule has 5 rings (SSSR count). The molecule has 25 heavy (non-hydrogen) atoms. The number of fused-ring (bicyclic) bond motifs is 4. The summed E-state index contributed by atoms with van der Waals surface area (Å²) in [7, 11) is 0. The van der Waals surface area contributed by atoms with Gasteiger partial charge in [-0.15, -0.1) is 11.3 Å². The third kappa shape index (κ3) is 2.09. The van der Waals surface area contributed by atoms with Gasteiger partial charge in [0.05, 0.1) is 22.1 Å². The Labute approximate surface area is 147 Å². The van der Waals surface area contributed by atoms with Crippen molar-refractivity contribution in [3.8, 4) is 11.3 Å². The molecule has 2 aromatic carbocycles. The predicted molar refractivity (Wildman–Crippen MR) is 102 cm³/mol. The fourth-order valence-corrected chi connectivity index (χ4v) is 4.07. The first-order valence-electron chi connectivity index (χ1n) is 7.97. The maximum absolute atomic E-state index is 13.2. The molecule has 0 N–H and O–H groups in total. The van der Waals surface area contributed by atoms with Gasteiger partial charge in [0.2, 0.25) is 0 Å². The van der Waals surface area contributed by atoms with E-state index in [0.29, 0.717) is 10.3 Å². The van der Waals surface area contributed by atoms with E-state index in [9.17, 15) is 4.79 Å². The molecule has 5 aromatic rings. The summed E-state index contributed by atoms with van der Waals surface area (Å²) in [5.41, 5.74) is 4.50. The minimum atomic E-state index is -0.0731. The Morgan fingerprint density at radius 3 is 2.72 bits per heavy atom. The number of pyridine rings is 1. The lowest BCUT2D eigenvalue weighted by Gasteiger charge is -2.06. The fraction of sp³-hybridized carbons (Fsp3) is 0.0500. The molecule has 120 valence electrons. The summed E-state index contributed by atoms with van der Waals surface area (Å²) < 4.78 is 1.69. The van der Waals surface area contributed by atoms with Gasteiger partial charge in [0.1, 0.15) is 0 Å². The Kier molecular flexibility index (Phi) is 2.99. The molecule has 0 aliphatic carbocycles. The molecule has 0 fully saturated rings. The summed E-state index contributed by atoms with van der Waals surface area (Å²) in [5, 5.41) is 3.46. The van der Waals surface area contributed by atoms with E-state index in [1.807, 2.05) is 60.8 Å². The lowest BCUT2D eigenvalue weighted by atomic mass is 10.1. The van der Waals surface area contributed by atoms with Crippen molar-refractivity contribution in [3.63, 3.8) is 0 Å². The second kappa shape index (κ2) is 5.22. The lowest BCUT2D eigenvalue weighted by Crippen LogP contribution is -2.15. The van der Waals surface area contributed by atoms with E-state index in [0.717, 1.165) is 33.2 Å². The first kappa shape index (κ1) is 14.3. The van der Waals surface area contributed by atoms with Crippen molar-refractivity contribution in [2.45, 2.75) is 6.92 Å². The Balaban J connectivity index is 1.94. The van der Waals surface area contributed by atoms with Crippen LogP contribution in [0, 0.1) is 6.92 Å². The Hall–Kier alpha value is -3.05. The average molecular weight is 343 g/mol. The minimum Gasteiger partial charge on any atom is -0.268 e. The number of aromatic nitrogens is 3. The van der Waals surface area contributed by atoms with Crippen molar-refractivity contribution in [1.82, 2.24) is 14.4 Å². The van der Waals surface area contributed by atoms with E-state index in [1.165, 1.54) is 11.3 Å². The largest absolute Gasteiger partial charge is 0.268 e. The number of hydrogen-bond acceptors (Lipinski definition) is 4. The molecule has 4 nitrogen and oxygen atoms in total. The van der Waals surface area contributed by atoms with Crippen molar-refractivity contribution in [1.29, 1.82) is 0 Å². The van der Waals surface area contributed by atoms with E-state index < -0.39 is 0 Å². The van der Waals surface area contributed by atoms with E-state index in [1.54, 1.807) is 10.6 Å². The molecule has 3 heterocycles. The van der Waals surface area contributed by atoms with Crippen LogP contribution in [0.2, 0.25) is 0 Å². The van der Waals surface area contributed by atoms with Gasteiger partial charge in [-0.1, -0.05) is 42.0 Å². The number of rotatable bonds is 1. The molecule has 3 aromatic heterocycles. The highest BCUT2D eigenvalue weighted by molar-refractivity contribution is 7.15. The van der Waals surface area contributed by atoms with Crippen LogP contribution in [0.5, 0.6) is 0 Å². The van der Waals surface area contributed by atoms with Crippen molar-refractivity contribution >= 4 is 38.1 Å². The topological polar surface area (TPSA) is 47.3 Å². The van der Waals surface area contributed by atoms with Crippen molar-refractivity contribution < 1.29 is 0 Å². The van der Waals surface area contributed by atoms with Crippen LogP contribution in [0.25, 0.3) is 38.0 Å². The van der Waals surface area contributed by atoms with Gasteiger partial charge in [-0.05, 0) is 24.6 Å². The zero-order valence-electron chi connectivity index (χ0n) is 13.4. The maximum Gasteiger partial charge on any atom is 0.268 e. The van der Waals surface area contributed by atoms with Crippen molar-refractivity contribution in [2.24, 2.45) is 0 Å². The van der Waals surface area contributed by atoms with Crippen molar-refractivity contribution in [2.75, 3.05) is 0 Å². The summed E-state index contributed by atoms with van der Waals surface area (Å²) in [4.78, 5) is 23.1. The monoisotopic (exact) mass is 343 g/mol. The zero-order chi connectivity index (χ0) is 17.0. The number of nitrogens with zero attached hydrogens (tertiary/aromatic N) is 3. The SMILES string of the molecule is Cc1ccc2ncc3c(=O)n4c(-c5ccccc5)csc4nc3c2c1. The molecule has 0 spiro atoms. The summed E-state index contributed by atoms with van der Waals surface area (Å²) in [5.74, 6) is 0. The van der Waals surface area contributed by atoms with Gasteiger partial charge >= 0.3 is 0 Å². The Bertz CT molecular complexity index is 1320. The van der Waals surface area contributed by atoms with Crippen LogP contribution in [0.3, 0.4) is 0 Å². The second-order valence-corrected chi connectivity index (χ2v) is 6.90. The number of thiazole rings is 1. The molecule has 0 amide bonds. The third-order valence-corrected chi connectivity index (χ3v) is 5.24. The molecule has 0 radical (unpaired) electrons. The number of benzene rings is 2. The van der Waals surface area contributed by atoms with Crippen LogP contribution < -0.4 is 5.56 Å². The smallest absolute Gasteiger partial charge is 0.268 e. The highest BCUT2D eigenvalue weighted by Crippen LogP contribution is 2.27. The molecule has 0 aliphatic rings. The van der Waals surface area contributed by atoms with E-state index in [2.05, 4.69) is 4.98 Å². The minimum absolute atomic E-state index is 0.0731. The van der Waals surface area contributed by atoms with Gasteiger partial charge in [-0.25, -0.2) is 4.98 Å². The molecular weight excluding hydrogens is 330 g/mol. The van der Waals surface area contributed by atoms with E-state index in [-0.39, 0.29) is 5.56 Å². The zero-order valence-corrected chi connectivity index (χ0v) is 14.2. The summed E-state index contributed by atoms with van der Waals surface area (Å²) in [6, 6.07) is 15.9. The number of hydrogen-bond donors (Lipinski definition) is 0. The van der Waals surface area contributed by atoms with Crippen LogP contribution in [0.1, 0.15) is 5.56 Å².